The summed E-state index contributed by atoms with van der Waals surface area (Å²) in [5.41, 5.74) is 3.37. The largest absolute Gasteiger partial charge is 0.255 e. The first-order valence-electron chi connectivity index (χ1n) is 7.57. The van der Waals surface area contributed by atoms with Crippen molar-refractivity contribution in [3.8, 4) is 11.4 Å². The summed E-state index contributed by atoms with van der Waals surface area (Å²) in [5.74, 6) is 0.668. The number of nitrogens with zero attached hydrogens (tertiary/aromatic N) is 3. The van der Waals surface area contributed by atoms with Crippen LogP contribution in [-0.2, 0) is 0 Å². The highest BCUT2D eigenvalue weighted by Gasteiger charge is 2.22. The van der Waals surface area contributed by atoms with Crippen LogP contribution < -0.4 is 0 Å². The van der Waals surface area contributed by atoms with Gasteiger partial charge in [0.05, 0.1) is 5.69 Å². The van der Waals surface area contributed by atoms with E-state index in [1.165, 1.54) is 43.1 Å². The van der Waals surface area contributed by atoms with Crippen molar-refractivity contribution in [2.75, 3.05) is 0 Å². The number of fused-ring (bicyclic) bond motifs is 1. The highest BCUT2D eigenvalue weighted by atomic mass is 32.1. The molecule has 1 aliphatic carbocycles. The van der Waals surface area contributed by atoms with E-state index in [9.17, 15) is 0 Å². The quantitative estimate of drug-likeness (QED) is 0.681. The minimum absolute atomic E-state index is 0.668. The van der Waals surface area contributed by atoms with E-state index >= 15 is 0 Å². The van der Waals surface area contributed by atoms with Gasteiger partial charge < -0.3 is 0 Å². The molecule has 0 saturated heterocycles. The summed E-state index contributed by atoms with van der Waals surface area (Å²) in [6.45, 7) is 0. The molecule has 21 heavy (non-hydrogen) atoms. The van der Waals surface area contributed by atoms with Gasteiger partial charge in [-0.25, -0.2) is 9.97 Å². The van der Waals surface area contributed by atoms with Crippen molar-refractivity contribution in [3.05, 3.63) is 41.7 Å². The number of thiophene rings is 1. The van der Waals surface area contributed by atoms with E-state index in [0.717, 1.165) is 16.2 Å². The summed E-state index contributed by atoms with van der Waals surface area (Å²) >= 11 is 1.74. The Morgan fingerprint density at radius 1 is 1.00 bits per heavy atom. The molecule has 1 fully saturated rings. The molecule has 3 nitrogen and oxygen atoms in total. The molecular formula is C17H17N3S. The Hall–Kier alpha value is -1.81. The monoisotopic (exact) mass is 295 g/mol. The second-order valence-electron chi connectivity index (χ2n) is 5.64. The average Bonchev–Trinajstić information content (AvgIpc) is 3.00. The molecule has 0 amide bonds. The average molecular weight is 295 g/mol. The maximum absolute atomic E-state index is 4.54. The molecule has 0 aromatic carbocycles. The fourth-order valence-corrected chi connectivity index (χ4v) is 4.30. The van der Waals surface area contributed by atoms with Crippen LogP contribution in [0.15, 0.2) is 36.1 Å². The van der Waals surface area contributed by atoms with Crippen molar-refractivity contribution in [2.24, 2.45) is 0 Å². The molecule has 4 heteroatoms. The third kappa shape index (κ3) is 2.33. The Labute approximate surface area is 128 Å². The molecule has 3 aromatic heterocycles. The number of aromatic nitrogens is 3. The standard InChI is InChI=1S/C17H17N3S/c1-2-6-12(7-3-1)13-10-21-17-15(13)16(19-11-20-17)14-8-4-5-9-18-14/h4-5,8-12H,1-3,6-7H2. The van der Waals surface area contributed by atoms with Crippen LogP contribution in [0.25, 0.3) is 21.6 Å². The van der Waals surface area contributed by atoms with Gasteiger partial charge in [-0.2, -0.15) is 0 Å². The first-order chi connectivity index (χ1) is 10.4. The summed E-state index contributed by atoms with van der Waals surface area (Å²) in [5, 5.41) is 3.52. The first kappa shape index (κ1) is 12.9. The van der Waals surface area contributed by atoms with Crippen LogP contribution in [0, 0.1) is 0 Å². The van der Waals surface area contributed by atoms with Crippen LogP contribution >= 0.6 is 11.3 Å². The maximum Gasteiger partial charge on any atom is 0.127 e. The Morgan fingerprint density at radius 2 is 1.90 bits per heavy atom. The van der Waals surface area contributed by atoms with Crippen LogP contribution in [0.4, 0.5) is 0 Å². The van der Waals surface area contributed by atoms with Crippen LogP contribution in [0.5, 0.6) is 0 Å². The zero-order chi connectivity index (χ0) is 14.1. The normalized spacial score (nSPS) is 16.4. The number of pyridine rings is 1. The summed E-state index contributed by atoms with van der Waals surface area (Å²) in [6.07, 6.45) is 10.1. The van der Waals surface area contributed by atoms with E-state index in [0.29, 0.717) is 5.92 Å². The summed E-state index contributed by atoms with van der Waals surface area (Å²) < 4.78 is 0. The second-order valence-corrected chi connectivity index (χ2v) is 6.50. The molecule has 0 radical (unpaired) electrons. The number of rotatable bonds is 2. The van der Waals surface area contributed by atoms with Gasteiger partial charge >= 0.3 is 0 Å². The lowest BCUT2D eigenvalue weighted by Gasteiger charge is -2.21. The molecule has 3 aromatic rings. The summed E-state index contributed by atoms with van der Waals surface area (Å²) in [6, 6.07) is 5.99. The Bertz CT molecular complexity index is 745. The topological polar surface area (TPSA) is 38.7 Å². The molecule has 0 spiro atoms. The lowest BCUT2D eigenvalue weighted by Crippen LogP contribution is -2.04. The van der Waals surface area contributed by atoms with Crippen LogP contribution in [0.1, 0.15) is 43.6 Å². The lowest BCUT2D eigenvalue weighted by atomic mass is 9.84. The molecule has 3 heterocycles. The maximum atomic E-state index is 4.54. The number of hydrogen-bond acceptors (Lipinski definition) is 4. The predicted molar refractivity (Wildman–Crippen MR) is 86.5 cm³/mol. The fourth-order valence-electron chi connectivity index (χ4n) is 3.31. The Balaban J connectivity index is 1.89. The molecule has 106 valence electrons. The van der Waals surface area contributed by atoms with Crippen LogP contribution in [0.2, 0.25) is 0 Å². The van der Waals surface area contributed by atoms with E-state index in [1.54, 1.807) is 17.7 Å². The van der Waals surface area contributed by atoms with E-state index in [2.05, 4.69) is 20.3 Å². The molecule has 1 saturated carbocycles. The fraction of sp³-hybridized carbons (Fsp3) is 0.353. The van der Waals surface area contributed by atoms with Gasteiger partial charge in [-0.1, -0.05) is 25.3 Å². The van der Waals surface area contributed by atoms with Crippen molar-refractivity contribution in [3.63, 3.8) is 0 Å². The van der Waals surface area contributed by atoms with Crippen LogP contribution in [-0.4, -0.2) is 15.0 Å². The number of hydrogen-bond donors (Lipinski definition) is 0. The molecule has 4 rings (SSSR count). The van der Waals surface area contributed by atoms with Crippen molar-refractivity contribution in [1.82, 2.24) is 15.0 Å². The third-order valence-corrected chi connectivity index (χ3v) is 5.26. The zero-order valence-electron chi connectivity index (χ0n) is 11.8. The van der Waals surface area contributed by atoms with Gasteiger partial charge in [-0.3, -0.25) is 4.98 Å². The predicted octanol–water partition coefficient (Wildman–Crippen LogP) is 4.80. The van der Waals surface area contributed by atoms with E-state index < -0.39 is 0 Å². The van der Waals surface area contributed by atoms with E-state index in [4.69, 9.17) is 0 Å². The summed E-state index contributed by atoms with van der Waals surface area (Å²) in [4.78, 5) is 14.6. The molecule has 0 aliphatic heterocycles. The third-order valence-electron chi connectivity index (χ3n) is 4.35. The van der Waals surface area contributed by atoms with Gasteiger partial charge in [0.25, 0.3) is 0 Å². The lowest BCUT2D eigenvalue weighted by molar-refractivity contribution is 0.446. The highest BCUT2D eigenvalue weighted by molar-refractivity contribution is 7.17. The first-order valence-corrected chi connectivity index (χ1v) is 8.45. The van der Waals surface area contributed by atoms with Gasteiger partial charge in [0.2, 0.25) is 0 Å². The SMILES string of the molecule is c1ccc(-c2ncnc3scc(C4CCCCC4)c23)nc1. The van der Waals surface area contributed by atoms with Gasteiger partial charge in [-0.15, -0.1) is 11.3 Å². The minimum atomic E-state index is 0.668. The van der Waals surface area contributed by atoms with Gasteiger partial charge in [-0.05, 0) is 41.8 Å². The van der Waals surface area contributed by atoms with Crippen molar-refractivity contribution >= 4 is 21.6 Å². The minimum Gasteiger partial charge on any atom is -0.255 e. The summed E-state index contributed by atoms with van der Waals surface area (Å²) in [7, 11) is 0. The van der Waals surface area contributed by atoms with Gasteiger partial charge in [0, 0.05) is 11.6 Å². The smallest absolute Gasteiger partial charge is 0.127 e. The molecular weight excluding hydrogens is 278 g/mol. The zero-order valence-corrected chi connectivity index (χ0v) is 12.6. The molecule has 0 atom stereocenters. The Kier molecular flexibility index (Phi) is 3.39. The molecule has 0 unspecified atom stereocenters. The van der Waals surface area contributed by atoms with Crippen LogP contribution in [0.3, 0.4) is 0 Å². The van der Waals surface area contributed by atoms with Crippen molar-refractivity contribution in [1.29, 1.82) is 0 Å². The second kappa shape index (κ2) is 5.53. The Morgan fingerprint density at radius 3 is 2.71 bits per heavy atom. The molecule has 0 bridgehead atoms. The van der Waals surface area contributed by atoms with Gasteiger partial charge in [0.1, 0.15) is 16.9 Å². The van der Waals surface area contributed by atoms with Crippen molar-refractivity contribution in [2.45, 2.75) is 38.0 Å². The van der Waals surface area contributed by atoms with Crippen molar-refractivity contribution < 1.29 is 0 Å². The highest BCUT2D eigenvalue weighted by Crippen LogP contribution is 2.41. The molecule has 0 N–H and O–H groups in total. The molecule has 1 aliphatic rings. The van der Waals surface area contributed by atoms with E-state index in [-0.39, 0.29) is 0 Å². The van der Waals surface area contributed by atoms with E-state index in [1.807, 2.05) is 24.4 Å². The van der Waals surface area contributed by atoms with Gasteiger partial charge in [0.15, 0.2) is 0 Å².